The van der Waals surface area contributed by atoms with E-state index >= 15 is 0 Å². The molecule has 0 saturated heterocycles. The Hall–Kier alpha value is -2.50. The number of nitrogens with zero attached hydrogens (tertiary/aromatic N) is 2. The second-order valence-electron chi connectivity index (χ2n) is 3.34. The van der Waals surface area contributed by atoms with Crippen molar-refractivity contribution in [3.63, 3.8) is 0 Å². The second kappa shape index (κ2) is 4.17. The van der Waals surface area contributed by atoms with E-state index in [4.69, 9.17) is 10.5 Å². The molecule has 0 fully saturated rings. The molecule has 1 aromatic heterocycles. The van der Waals surface area contributed by atoms with Crippen molar-refractivity contribution in [1.82, 2.24) is 9.78 Å². The molecule has 6 nitrogen and oxygen atoms in total. The highest BCUT2D eigenvalue weighted by molar-refractivity contribution is 5.49. The van der Waals surface area contributed by atoms with E-state index < -0.39 is 5.56 Å². The maximum atomic E-state index is 11.7. The number of nitrogen functional groups attached to an aromatic ring is 1. The number of benzene rings is 1. The van der Waals surface area contributed by atoms with E-state index in [0.29, 0.717) is 11.4 Å². The van der Waals surface area contributed by atoms with E-state index in [2.05, 4.69) is 5.10 Å². The normalized spacial score (nSPS) is 10.2. The monoisotopic (exact) mass is 233 g/mol. The number of rotatable bonds is 2. The molecule has 0 amide bonds. The number of ether oxygens (including phenoxy) is 1. The van der Waals surface area contributed by atoms with Crippen molar-refractivity contribution >= 4 is 5.82 Å². The van der Waals surface area contributed by atoms with Crippen molar-refractivity contribution in [2.75, 3.05) is 12.8 Å². The summed E-state index contributed by atoms with van der Waals surface area (Å²) in [5.74, 6) is 0.0452. The van der Waals surface area contributed by atoms with E-state index in [-0.39, 0.29) is 11.6 Å². The molecule has 0 spiro atoms. The Morgan fingerprint density at radius 3 is 2.82 bits per heavy atom. The highest BCUT2D eigenvalue weighted by Gasteiger charge is 2.10. The number of aromatic nitrogens is 2. The standard InChI is InChI=1S/C11H11N3O3/c1-17-9-5-3-2-4-7(9)14-10(16)6-8(15)11(12)13-14/h2-6,15H,1H3,(H2,12,13). The van der Waals surface area contributed by atoms with Gasteiger partial charge in [-0.2, -0.15) is 4.68 Å². The van der Waals surface area contributed by atoms with Gasteiger partial charge in [-0.1, -0.05) is 12.1 Å². The third-order valence-corrected chi connectivity index (χ3v) is 2.25. The molecule has 3 N–H and O–H groups in total. The zero-order valence-electron chi connectivity index (χ0n) is 9.12. The first-order valence-electron chi connectivity index (χ1n) is 4.85. The molecule has 0 aliphatic heterocycles. The minimum atomic E-state index is -0.485. The van der Waals surface area contributed by atoms with Crippen molar-refractivity contribution in [1.29, 1.82) is 0 Å². The lowest BCUT2D eigenvalue weighted by molar-refractivity contribution is 0.410. The fourth-order valence-corrected chi connectivity index (χ4v) is 1.44. The molecule has 0 radical (unpaired) electrons. The molecule has 0 saturated carbocycles. The Balaban J connectivity index is 2.69. The van der Waals surface area contributed by atoms with Gasteiger partial charge in [0.05, 0.1) is 13.2 Å². The number of methoxy groups -OCH3 is 1. The Morgan fingerprint density at radius 1 is 1.41 bits per heavy atom. The van der Waals surface area contributed by atoms with Crippen LogP contribution in [0.4, 0.5) is 5.82 Å². The van der Waals surface area contributed by atoms with Gasteiger partial charge in [-0.05, 0) is 12.1 Å². The summed E-state index contributed by atoms with van der Waals surface area (Å²) in [6.45, 7) is 0. The SMILES string of the molecule is COc1ccccc1-n1nc(N)c(O)cc1=O. The zero-order valence-corrected chi connectivity index (χ0v) is 9.12. The van der Waals surface area contributed by atoms with E-state index in [1.54, 1.807) is 24.3 Å². The molecule has 1 aromatic carbocycles. The number of para-hydroxylation sites is 2. The highest BCUT2D eigenvalue weighted by atomic mass is 16.5. The molecule has 0 unspecified atom stereocenters. The van der Waals surface area contributed by atoms with Crippen molar-refractivity contribution in [2.45, 2.75) is 0 Å². The fraction of sp³-hybridized carbons (Fsp3) is 0.0909. The van der Waals surface area contributed by atoms with Crippen LogP contribution in [0.25, 0.3) is 5.69 Å². The molecular formula is C11H11N3O3. The summed E-state index contributed by atoms with van der Waals surface area (Å²) in [6, 6.07) is 7.90. The average molecular weight is 233 g/mol. The molecule has 0 aliphatic carbocycles. The van der Waals surface area contributed by atoms with Crippen LogP contribution in [0.3, 0.4) is 0 Å². The predicted octanol–water partition coefficient (Wildman–Crippen LogP) is 0.529. The number of hydrogen-bond donors (Lipinski definition) is 2. The molecule has 0 atom stereocenters. The van der Waals surface area contributed by atoms with Crippen LogP contribution in [0.1, 0.15) is 0 Å². The van der Waals surface area contributed by atoms with Gasteiger partial charge >= 0.3 is 0 Å². The van der Waals surface area contributed by atoms with Crippen molar-refractivity contribution in [3.05, 3.63) is 40.7 Å². The van der Waals surface area contributed by atoms with Crippen molar-refractivity contribution in [3.8, 4) is 17.2 Å². The fourth-order valence-electron chi connectivity index (χ4n) is 1.44. The lowest BCUT2D eigenvalue weighted by Crippen LogP contribution is -2.21. The number of hydrogen-bond acceptors (Lipinski definition) is 5. The summed E-state index contributed by atoms with van der Waals surface area (Å²) in [5, 5.41) is 13.1. The van der Waals surface area contributed by atoms with Crippen LogP contribution in [-0.2, 0) is 0 Å². The van der Waals surface area contributed by atoms with Gasteiger partial charge in [-0.25, -0.2) is 0 Å². The second-order valence-corrected chi connectivity index (χ2v) is 3.34. The third kappa shape index (κ3) is 1.92. The Bertz CT molecular complexity index is 607. The maximum absolute atomic E-state index is 11.7. The first-order valence-corrected chi connectivity index (χ1v) is 4.85. The molecule has 1 heterocycles. The van der Waals surface area contributed by atoms with E-state index in [1.807, 2.05) is 0 Å². The molecule has 88 valence electrons. The van der Waals surface area contributed by atoms with Crippen LogP contribution in [0.2, 0.25) is 0 Å². The summed E-state index contributed by atoms with van der Waals surface area (Å²) < 4.78 is 6.20. The first-order chi connectivity index (χ1) is 8.13. The van der Waals surface area contributed by atoms with E-state index in [1.165, 1.54) is 7.11 Å². The minimum Gasteiger partial charge on any atom is -0.504 e. The maximum Gasteiger partial charge on any atom is 0.275 e. The van der Waals surface area contributed by atoms with Gasteiger partial charge in [0.2, 0.25) is 0 Å². The molecular weight excluding hydrogens is 222 g/mol. The smallest absolute Gasteiger partial charge is 0.275 e. The minimum absolute atomic E-state index is 0.115. The summed E-state index contributed by atoms with van der Waals surface area (Å²) in [5.41, 5.74) is 5.44. The molecule has 2 aromatic rings. The van der Waals surface area contributed by atoms with Gasteiger partial charge in [0.15, 0.2) is 11.6 Å². The van der Waals surface area contributed by atoms with Gasteiger partial charge < -0.3 is 15.6 Å². The van der Waals surface area contributed by atoms with Gasteiger partial charge in [0, 0.05) is 0 Å². The van der Waals surface area contributed by atoms with Crippen LogP contribution >= 0.6 is 0 Å². The molecule has 0 bridgehead atoms. The molecule has 17 heavy (non-hydrogen) atoms. The first kappa shape index (κ1) is 11.0. The predicted molar refractivity (Wildman–Crippen MR) is 62.5 cm³/mol. The quantitative estimate of drug-likeness (QED) is 0.789. The van der Waals surface area contributed by atoms with Crippen LogP contribution in [0.15, 0.2) is 35.1 Å². The van der Waals surface area contributed by atoms with Gasteiger partial charge in [-0.3, -0.25) is 4.79 Å². The number of nitrogens with two attached hydrogens (primary N) is 1. The Kier molecular flexibility index (Phi) is 2.70. The lowest BCUT2D eigenvalue weighted by atomic mass is 10.3. The van der Waals surface area contributed by atoms with Crippen molar-refractivity contribution < 1.29 is 9.84 Å². The van der Waals surface area contributed by atoms with Gasteiger partial charge in [-0.15, -0.1) is 5.10 Å². The van der Waals surface area contributed by atoms with Crippen LogP contribution in [0, 0.1) is 0 Å². The van der Waals surface area contributed by atoms with Gasteiger partial charge in [0.1, 0.15) is 11.4 Å². The average Bonchev–Trinajstić information content (AvgIpc) is 2.34. The summed E-state index contributed by atoms with van der Waals surface area (Å²) in [6.07, 6.45) is 0. The number of aromatic hydroxyl groups is 1. The van der Waals surface area contributed by atoms with Gasteiger partial charge in [0.25, 0.3) is 5.56 Å². The number of anilines is 1. The van der Waals surface area contributed by atoms with Crippen molar-refractivity contribution in [2.24, 2.45) is 0 Å². The topological polar surface area (TPSA) is 90.4 Å². The third-order valence-electron chi connectivity index (χ3n) is 2.25. The van der Waals surface area contributed by atoms with E-state index in [9.17, 15) is 9.90 Å². The van der Waals surface area contributed by atoms with Crippen LogP contribution < -0.4 is 16.0 Å². The van der Waals surface area contributed by atoms with E-state index in [0.717, 1.165) is 10.7 Å². The molecule has 2 rings (SSSR count). The summed E-state index contributed by atoms with van der Waals surface area (Å²) >= 11 is 0. The Labute approximate surface area is 96.9 Å². The zero-order chi connectivity index (χ0) is 12.4. The summed E-state index contributed by atoms with van der Waals surface area (Å²) in [7, 11) is 1.49. The molecule has 0 aliphatic rings. The Morgan fingerprint density at radius 2 is 2.12 bits per heavy atom. The molecule has 6 heteroatoms. The summed E-state index contributed by atoms with van der Waals surface area (Å²) in [4.78, 5) is 11.7. The lowest BCUT2D eigenvalue weighted by Gasteiger charge is -2.10. The highest BCUT2D eigenvalue weighted by Crippen LogP contribution is 2.21. The van der Waals surface area contributed by atoms with Crippen LogP contribution in [-0.4, -0.2) is 22.0 Å². The van der Waals surface area contributed by atoms with Crippen LogP contribution in [0.5, 0.6) is 11.5 Å². The largest absolute Gasteiger partial charge is 0.504 e.